The van der Waals surface area contributed by atoms with Crippen molar-refractivity contribution in [1.29, 1.82) is 0 Å². The predicted octanol–water partition coefficient (Wildman–Crippen LogP) is 4.87. The first-order valence-electron chi connectivity index (χ1n) is 6.46. The maximum Gasteiger partial charge on any atom is 0.123 e. The van der Waals surface area contributed by atoms with Crippen molar-refractivity contribution in [2.24, 2.45) is 5.41 Å². The fraction of sp³-hybridized carbons (Fsp3) is 0.412. The number of fused-ring (bicyclic) bond motifs is 1. The van der Waals surface area contributed by atoms with Gasteiger partial charge in [0.25, 0.3) is 0 Å². The maximum atomic E-state index is 9.96. The molecule has 2 aromatic carbocycles. The van der Waals surface area contributed by atoms with Gasteiger partial charge in [0.1, 0.15) is 5.75 Å². The molecule has 1 heteroatoms. The van der Waals surface area contributed by atoms with Crippen LogP contribution in [-0.2, 0) is 5.41 Å². The van der Waals surface area contributed by atoms with E-state index < -0.39 is 0 Å². The Balaban J connectivity index is 2.77. The molecule has 0 radical (unpaired) electrons. The lowest BCUT2D eigenvalue weighted by Gasteiger charge is -2.40. The molecule has 2 rings (SSSR count). The lowest BCUT2D eigenvalue weighted by atomic mass is 9.64. The van der Waals surface area contributed by atoms with E-state index in [9.17, 15) is 5.11 Å². The zero-order valence-corrected chi connectivity index (χ0v) is 11.9. The predicted molar refractivity (Wildman–Crippen MR) is 78.1 cm³/mol. The van der Waals surface area contributed by atoms with Gasteiger partial charge in [0.05, 0.1) is 0 Å². The van der Waals surface area contributed by atoms with Crippen LogP contribution in [0, 0.1) is 5.41 Å². The van der Waals surface area contributed by atoms with Gasteiger partial charge in [-0.1, -0.05) is 65.0 Å². The summed E-state index contributed by atoms with van der Waals surface area (Å²) >= 11 is 0. The number of phenolic OH excluding ortho intramolecular Hbond substituents is 1. The van der Waals surface area contributed by atoms with Gasteiger partial charge in [0.2, 0.25) is 0 Å². The molecule has 0 saturated carbocycles. The molecule has 0 heterocycles. The van der Waals surface area contributed by atoms with Crippen molar-refractivity contribution in [1.82, 2.24) is 0 Å². The molecule has 0 amide bonds. The second kappa shape index (κ2) is 4.01. The minimum absolute atomic E-state index is 0.0420. The Morgan fingerprint density at radius 3 is 1.94 bits per heavy atom. The van der Waals surface area contributed by atoms with Gasteiger partial charge in [0.15, 0.2) is 0 Å². The largest absolute Gasteiger partial charge is 0.507 e. The maximum absolute atomic E-state index is 9.96. The fourth-order valence-corrected chi connectivity index (χ4v) is 2.24. The molecule has 0 unspecified atom stereocenters. The van der Waals surface area contributed by atoms with Gasteiger partial charge in [-0.25, -0.2) is 0 Å². The lowest BCUT2D eigenvalue weighted by Crippen LogP contribution is -2.34. The van der Waals surface area contributed by atoms with E-state index in [1.807, 2.05) is 18.2 Å². The fourth-order valence-electron chi connectivity index (χ4n) is 2.24. The van der Waals surface area contributed by atoms with Crippen molar-refractivity contribution >= 4 is 10.8 Å². The highest BCUT2D eigenvalue weighted by molar-refractivity contribution is 5.91. The first kappa shape index (κ1) is 12.9. The summed E-state index contributed by atoms with van der Waals surface area (Å²) in [6.45, 7) is 11.3. The number of hydrogen-bond acceptors (Lipinski definition) is 1. The van der Waals surface area contributed by atoms with E-state index >= 15 is 0 Å². The van der Waals surface area contributed by atoms with E-state index in [-0.39, 0.29) is 10.8 Å². The summed E-state index contributed by atoms with van der Waals surface area (Å²) in [5.41, 5.74) is 1.50. The molecule has 0 atom stereocenters. The molecular formula is C17H22O. The number of rotatable bonds is 1. The van der Waals surface area contributed by atoms with E-state index in [2.05, 4.69) is 46.8 Å². The highest BCUT2D eigenvalue weighted by Crippen LogP contribution is 2.44. The van der Waals surface area contributed by atoms with E-state index in [0.29, 0.717) is 5.75 Å². The highest BCUT2D eigenvalue weighted by Gasteiger charge is 2.35. The zero-order valence-electron chi connectivity index (χ0n) is 11.9. The zero-order chi connectivity index (χ0) is 13.6. The summed E-state index contributed by atoms with van der Waals surface area (Å²) in [5, 5.41) is 12.1. The minimum Gasteiger partial charge on any atom is -0.507 e. The Hall–Kier alpha value is -1.50. The van der Waals surface area contributed by atoms with Crippen LogP contribution in [0.2, 0.25) is 0 Å². The van der Waals surface area contributed by atoms with Gasteiger partial charge >= 0.3 is 0 Å². The van der Waals surface area contributed by atoms with Crippen molar-refractivity contribution in [3.8, 4) is 5.75 Å². The van der Waals surface area contributed by atoms with E-state index in [1.54, 1.807) is 6.07 Å². The summed E-state index contributed by atoms with van der Waals surface area (Å²) in [4.78, 5) is 0. The number of phenols is 1. The van der Waals surface area contributed by atoms with Gasteiger partial charge in [-0.05, 0) is 27.8 Å². The quantitative estimate of drug-likeness (QED) is 0.756. The van der Waals surface area contributed by atoms with Crippen molar-refractivity contribution in [3.63, 3.8) is 0 Å². The molecule has 0 fully saturated rings. The van der Waals surface area contributed by atoms with Crippen LogP contribution in [0.15, 0.2) is 36.4 Å². The molecular weight excluding hydrogens is 220 g/mol. The Bertz CT molecular complexity index is 574. The molecule has 0 spiro atoms. The lowest BCUT2D eigenvalue weighted by molar-refractivity contribution is 0.227. The van der Waals surface area contributed by atoms with Gasteiger partial charge in [-0.3, -0.25) is 0 Å². The first-order chi connectivity index (χ1) is 8.25. The third-order valence-corrected chi connectivity index (χ3v) is 4.45. The highest BCUT2D eigenvalue weighted by atomic mass is 16.3. The van der Waals surface area contributed by atoms with Gasteiger partial charge < -0.3 is 5.11 Å². The van der Waals surface area contributed by atoms with Crippen molar-refractivity contribution < 1.29 is 5.11 Å². The van der Waals surface area contributed by atoms with Crippen LogP contribution in [0.1, 0.15) is 40.2 Å². The standard InChI is InChI=1S/C17H22O/c1-16(2,3)17(4,5)14-10-6-9-13-12(14)8-7-11-15(13)18/h6-11,18H,1-5H3. The van der Waals surface area contributed by atoms with Gasteiger partial charge in [-0.2, -0.15) is 0 Å². The topological polar surface area (TPSA) is 20.2 Å². The summed E-state index contributed by atoms with van der Waals surface area (Å²) < 4.78 is 0. The SMILES string of the molecule is CC(C)(C)C(C)(C)c1cccc2c(O)cccc12. The Labute approximate surface area is 109 Å². The normalized spacial score (nSPS) is 12.9. The van der Waals surface area contributed by atoms with Crippen LogP contribution in [0.5, 0.6) is 5.75 Å². The molecule has 1 nitrogen and oxygen atoms in total. The Morgan fingerprint density at radius 2 is 1.33 bits per heavy atom. The monoisotopic (exact) mass is 242 g/mol. The van der Waals surface area contributed by atoms with Crippen LogP contribution in [-0.4, -0.2) is 5.11 Å². The molecule has 0 aliphatic rings. The van der Waals surface area contributed by atoms with Gasteiger partial charge in [0, 0.05) is 5.39 Å². The number of aromatic hydroxyl groups is 1. The van der Waals surface area contributed by atoms with Crippen LogP contribution in [0.25, 0.3) is 10.8 Å². The Kier molecular flexibility index (Phi) is 2.89. The molecule has 1 N–H and O–H groups in total. The summed E-state index contributed by atoms with van der Waals surface area (Å²) in [6.07, 6.45) is 0. The van der Waals surface area contributed by atoms with Crippen molar-refractivity contribution in [3.05, 3.63) is 42.0 Å². The molecule has 0 aliphatic carbocycles. The smallest absolute Gasteiger partial charge is 0.123 e. The van der Waals surface area contributed by atoms with Gasteiger partial charge in [-0.15, -0.1) is 0 Å². The molecule has 18 heavy (non-hydrogen) atoms. The third kappa shape index (κ3) is 1.88. The first-order valence-corrected chi connectivity index (χ1v) is 6.46. The molecule has 2 aromatic rings. The number of hydrogen-bond donors (Lipinski definition) is 1. The average molecular weight is 242 g/mol. The second-order valence-electron chi connectivity index (χ2n) is 6.55. The van der Waals surface area contributed by atoms with Crippen LogP contribution < -0.4 is 0 Å². The number of benzene rings is 2. The van der Waals surface area contributed by atoms with E-state index in [4.69, 9.17) is 0 Å². The molecule has 0 saturated heterocycles. The third-order valence-electron chi connectivity index (χ3n) is 4.45. The summed E-state index contributed by atoms with van der Waals surface area (Å²) in [5.74, 6) is 0.360. The minimum atomic E-state index is 0.0420. The second-order valence-corrected chi connectivity index (χ2v) is 6.55. The van der Waals surface area contributed by atoms with Crippen molar-refractivity contribution in [2.45, 2.75) is 40.0 Å². The summed E-state index contributed by atoms with van der Waals surface area (Å²) in [7, 11) is 0. The van der Waals surface area contributed by atoms with Crippen LogP contribution >= 0.6 is 0 Å². The van der Waals surface area contributed by atoms with E-state index in [0.717, 1.165) is 10.8 Å². The molecule has 0 aromatic heterocycles. The summed E-state index contributed by atoms with van der Waals surface area (Å²) in [6, 6.07) is 11.9. The average Bonchev–Trinajstić information content (AvgIpc) is 2.27. The Morgan fingerprint density at radius 1 is 0.778 bits per heavy atom. The van der Waals surface area contributed by atoms with Crippen LogP contribution in [0.3, 0.4) is 0 Å². The molecule has 0 aliphatic heterocycles. The van der Waals surface area contributed by atoms with E-state index in [1.165, 1.54) is 5.56 Å². The molecule has 0 bridgehead atoms. The van der Waals surface area contributed by atoms with Crippen LogP contribution in [0.4, 0.5) is 0 Å². The van der Waals surface area contributed by atoms with Crippen molar-refractivity contribution in [2.75, 3.05) is 0 Å². The molecule has 96 valence electrons.